The number of aromatic nitrogens is 1. The van der Waals surface area contributed by atoms with Crippen LogP contribution in [0.5, 0.6) is 0 Å². The van der Waals surface area contributed by atoms with Gasteiger partial charge in [0.15, 0.2) is 0 Å². The van der Waals surface area contributed by atoms with Gasteiger partial charge in [0, 0.05) is 24.3 Å². The Labute approximate surface area is 89.0 Å². The van der Waals surface area contributed by atoms with Crippen LogP contribution in [0.15, 0.2) is 42.7 Å². The first-order chi connectivity index (χ1) is 7.24. The second kappa shape index (κ2) is 5.86. The summed E-state index contributed by atoms with van der Waals surface area (Å²) in [5.74, 6) is -0.711. The van der Waals surface area contributed by atoms with E-state index in [4.69, 9.17) is 5.11 Å². The Morgan fingerprint density at radius 2 is 1.93 bits per heavy atom. The molecule has 0 saturated heterocycles. The third kappa shape index (κ3) is 3.85. The number of nitrogens with zero attached hydrogens (tertiary/aromatic N) is 1. The van der Waals surface area contributed by atoms with Gasteiger partial charge in [-0.05, 0) is 30.7 Å². The van der Waals surface area contributed by atoms with Crippen molar-refractivity contribution in [2.75, 3.05) is 0 Å². The third-order valence-electron chi connectivity index (χ3n) is 1.90. The van der Waals surface area contributed by atoms with E-state index in [1.807, 2.05) is 37.5 Å². The van der Waals surface area contributed by atoms with Gasteiger partial charge in [0.1, 0.15) is 0 Å². The molecule has 0 spiro atoms. The summed E-state index contributed by atoms with van der Waals surface area (Å²) in [5, 5.41) is 7.91. The van der Waals surface area contributed by atoms with E-state index in [1.54, 1.807) is 0 Å². The van der Waals surface area contributed by atoms with E-state index in [2.05, 4.69) is 16.5 Å². The van der Waals surface area contributed by atoms with Crippen LogP contribution in [0.2, 0.25) is 0 Å². The van der Waals surface area contributed by atoms with Crippen molar-refractivity contribution in [1.29, 1.82) is 0 Å². The maximum absolute atomic E-state index is 9.60. The standard InChI is InChI=1S/C8H7N.C4H8O2/c1-2-6-9-7-3-5-8(9)4-1;1-2-3-4(5)6/h1-7H;2-3H2,1H3,(H,5,6). The van der Waals surface area contributed by atoms with E-state index in [0.717, 1.165) is 6.42 Å². The van der Waals surface area contributed by atoms with Crippen molar-refractivity contribution in [1.82, 2.24) is 4.40 Å². The molecule has 0 aliphatic carbocycles. The number of rotatable bonds is 2. The van der Waals surface area contributed by atoms with Gasteiger partial charge in [-0.2, -0.15) is 0 Å². The summed E-state index contributed by atoms with van der Waals surface area (Å²) < 4.78 is 2.08. The number of carboxylic acids is 1. The zero-order valence-electron chi connectivity index (χ0n) is 8.76. The van der Waals surface area contributed by atoms with Crippen LogP contribution in [0.4, 0.5) is 0 Å². The highest BCUT2D eigenvalue weighted by Gasteiger charge is 1.87. The van der Waals surface area contributed by atoms with Gasteiger partial charge < -0.3 is 9.51 Å². The molecule has 0 radical (unpaired) electrons. The summed E-state index contributed by atoms with van der Waals surface area (Å²) in [6.45, 7) is 1.84. The third-order valence-corrected chi connectivity index (χ3v) is 1.90. The Kier molecular flexibility index (Phi) is 4.41. The smallest absolute Gasteiger partial charge is 0.303 e. The van der Waals surface area contributed by atoms with Crippen molar-refractivity contribution in [3.05, 3.63) is 42.7 Å². The predicted octanol–water partition coefficient (Wildman–Crippen LogP) is 2.81. The molecule has 0 saturated carbocycles. The summed E-state index contributed by atoms with van der Waals surface area (Å²) in [7, 11) is 0. The molecule has 0 amide bonds. The SMILES string of the molecule is CCCC(=O)O.c1ccn2cccc2c1. The molecule has 3 heteroatoms. The number of hydrogen-bond donors (Lipinski definition) is 1. The van der Waals surface area contributed by atoms with Crippen LogP contribution in [0.3, 0.4) is 0 Å². The molecule has 0 aromatic carbocycles. The lowest BCUT2D eigenvalue weighted by Crippen LogP contribution is -1.90. The quantitative estimate of drug-likeness (QED) is 0.819. The van der Waals surface area contributed by atoms with Crippen LogP contribution in [0.1, 0.15) is 19.8 Å². The van der Waals surface area contributed by atoms with Gasteiger partial charge in [0.2, 0.25) is 0 Å². The van der Waals surface area contributed by atoms with Crippen LogP contribution in [-0.4, -0.2) is 15.5 Å². The predicted molar refractivity (Wildman–Crippen MR) is 59.9 cm³/mol. The van der Waals surface area contributed by atoms with Crippen molar-refractivity contribution in [2.45, 2.75) is 19.8 Å². The maximum Gasteiger partial charge on any atom is 0.303 e. The molecule has 15 heavy (non-hydrogen) atoms. The highest BCUT2D eigenvalue weighted by Crippen LogP contribution is 2.01. The van der Waals surface area contributed by atoms with E-state index in [-0.39, 0.29) is 0 Å². The van der Waals surface area contributed by atoms with Crippen molar-refractivity contribution in [3.8, 4) is 0 Å². The van der Waals surface area contributed by atoms with Crippen LogP contribution in [0, 0.1) is 0 Å². The Hall–Kier alpha value is -1.77. The average molecular weight is 205 g/mol. The van der Waals surface area contributed by atoms with Crippen molar-refractivity contribution >= 4 is 11.5 Å². The number of pyridine rings is 1. The molecule has 1 N–H and O–H groups in total. The molecule has 2 heterocycles. The van der Waals surface area contributed by atoms with Crippen LogP contribution in [0.25, 0.3) is 5.52 Å². The monoisotopic (exact) mass is 205 g/mol. The summed E-state index contributed by atoms with van der Waals surface area (Å²) in [6, 6.07) is 10.3. The van der Waals surface area contributed by atoms with Gasteiger partial charge in [-0.3, -0.25) is 4.79 Å². The molecule has 0 bridgehead atoms. The van der Waals surface area contributed by atoms with Gasteiger partial charge in [0.05, 0.1) is 0 Å². The second-order valence-corrected chi connectivity index (χ2v) is 3.18. The van der Waals surface area contributed by atoms with E-state index >= 15 is 0 Å². The maximum atomic E-state index is 9.60. The summed E-state index contributed by atoms with van der Waals surface area (Å²) in [5.41, 5.74) is 1.25. The fraction of sp³-hybridized carbons (Fsp3) is 0.250. The van der Waals surface area contributed by atoms with Crippen molar-refractivity contribution < 1.29 is 9.90 Å². The average Bonchev–Trinajstić information content (AvgIpc) is 2.65. The van der Waals surface area contributed by atoms with Gasteiger partial charge in [-0.1, -0.05) is 13.0 Å². The fourth-order valence-electron chi connectivity index (χ4n) is 1.19. The van der Waals surface area contributed by atoms with Crippen LogP contribution in [-0.2, 0) is 4.79 Å². The van der Waals surface area contributed by atoms with Crippen molar-refractivity contribution in [3.63, 3.8) is 0 Å². The normalized spacial score (nSPS) is 9.40. The number of carbonyl (C=O) groups is 1. The first-order valence-corrected chi connectivity index (χ1v) is 4.97. The molecule has 2 aromatic rings. The lowest BCUT2D eigenvalue weighted by Gasteiger charge is -1.88. The zero-order chi connectivity index (χ0) is 11.1. The molecule has 3 nitrogen and oxygen atoms in total. The molecule has 0 fully saturated rings. The first kappa shape index (κ1) is 11.3. The van der Waals surface area contributed by atoms with Crippen molar-refractivity contribution in [2.24, 2.45) is 0 Å². The summed E-state index contributed by atoms with van der Waals surface area (Å²) in [6.07, 6.45) is 5.10. The van der Waals surface area contributed by atoms with E-state index in [0.29, 0.717) is 6.42 Å². The van der Waals surface area contributed by atoms with Gasteiger partial charge in [-0.15, -0.1) is 0 Å². The molecular weight excluding hydrogens is 190 g/mol. The largest absolute Gasteiger partial charge is 0.481 e. The molecule has 2 rings (SSSR count). The highest BCUT2D eigenvalue weighted by atomic mass is 16.4. The highest BCUT2D eigenvalue weighted by molar-refractivity contribution is 5.66. The molecule has 0 aliphatic rings. The first-order valence-electron chi connectivity index (χ1n) is 4.97. The minimum Gasteiger partial charge on any atom is -0.481 e. The molecule has 2 aromatic heterocycles. The number of carboxylic acid groups (broad SMARTS) is 1. The topological polar surface area (TPSA) is 41.7 Å². The number of aliphatic carboxylic acids is 1. The zero-order valence-corrected chi connectivity index (χ0v) is 8.76. The molecule has 0 atom stereocenters. The van der Waals surface area contributed by atoms with Gasteiger partial charge >= 0.3 is 5.97 Å². The van der Waals surface area contributed by atoms with Gasteiger partial charge in [-0.25, -0.2) is 0 Å². The number of fused-ring (bicyclic) bond motifs is 1. The Bertz CT molecular complexity index is 390. The Morgan fingerprint density at radius 1 is 1.27 bits per heavy atom. The summed E-state index contributed by atoms with van der Waals surface area (Å²) in [4.78, 5) is 9.60. The second-order valence-electron chi connectivity index (χ2n) is 3.18. The fourth-order valence-corrected chi connectivity index (χ4v) is 1.19. The Balaban J connectivity index is 0.000000167. The van der Waals surface area contributed by atoms with Crippen LogP contribution < -0.4 is 0 Å². The molecule has 80 valence electrons. The van der Waals surface area contributed by atoms with Gasteiger partial charge in [0.25, 0.3) is 0 Å². The van der Waals surface area contributed by atoms with E-state index in [1.165, 1.54) is 5.52 Å². The molecule has 0 aliphatic heterocycles. The lowest BCUT2D eigenvalue weighted by atomic mass is 10.4. The molecular formula is C12H15NO2. The Morgan fingerprint density at radius 3 is 2.47 bits per heavy atom. The lowest BCUT2D eigenvalue weighted by molar-refractivity contribution is -0.137. The minimum absolute atomic E-state index is 0.292. The van der Waals surface area contributed by atoms with E-state index in [9.17, 15) is 4.79 Å². The number of hydrogen-bond acceptors (Lipinski definition) is 1. The van der Waals surface area contributed by atoms with E-state index < -0.39 is 5.97 Å². The minimum atomic E-state index is -0.711. The molecule has 0 unspecified atom stereocenters. The van der Waals surface area contributed by atoms with Crippen LogP contribution >= 0.6 is 0 Å². The summed E-state index contributed by atoms with van der Waals surface area (Å²) >= 11 is 0.